The number of rotatable bonds is 6. The molecule has 1 N–H and O–H groups in total. The summed E-state index contributed by atoms with van der Waals surface area (Å²) in [4.78, 5) is 40.0. The van der Waals surface area contributed by atoms with Crippen molar-refractivity contribution in [2.24, 2.45) is 0 Å². The normalized spacial score (nSPS) is 22.9. The van der Waals surface area contributed by atoms with Crippen molar-refractivity contribution in [2.75, 3.05) is 12.4 Å². The second kappa shape index (κ2) is 9.02. The Balaban J connectivity index is 1.80. The van der Waals surface area contributed by atoms with Crippen LogP contribution in [0, 0.1) is 0 Å². The first-order valence-corrected chi connectivity index (χ1v) is 13.0. The fourth-order valence-electron chi connectivity index (χ4n) is 4.98. The molecular formula is C27H22O6S2. The Morgan fingerprint density at radius 2 is 1.89 bits per heavy atom. The van der Waals surface area contributed by atoms with Crippen LogP contribution in [-0.2, 0) is 30.9 Å². The first-order chi connectivity index (χ1) is 16.9. The number of carboxylic acids is 1. The largest absolute Gasteiger partial charge is 0.480 e. The summed E-state index contributed by atoms with van der Waals surface area (Å²) < 4.78 is 9.24. The van der Waals surface area contributed by atoms with Gasteiger partial charge in [-0.3, -0.25) is 9.59 Å². The monoisotopic (exact) mass is 506 g/mol. The molecule has 3 heterocycles. The molecule has 5 rings (SSSR count). The Kier molecular flexibility index (Phi) is 6.02. The SMILES string of the molecule is CCOC(=O)c1ccc(C2(c3ccc4c(c3)OC=CC4)C(=O)CSC2(C(=O)O)c2cccs2)cc1. The van der Waals surface area contributed by atoms with Crippen molar-refractivity contribution < 1.29 is 29.0 Å². The summed E-state index contributed by atoms with van der Waals surface area (Å²) in [5.74, 6) is -1.15. The Labute approximate surface area is 210 Å². The lowest BCUT2D eigenvalue weighted by atomic mass is 9.62. The van der Waals surface area contributed by atoms with E-state index in [0.717, 1.165) is 17.3 Å². The second-order valence-corrected chi connectivity index (χ2v) is 10.4. The summed E-state index contributed by atoms with van der Waals surface area (Å²) >= 11 is 2.45. The van der Waals surface area contributed by atoms with Crippen molar-refractivity contribution in [1.82, 2.24) is 0 Å². The Hall–Kier alpha value is -3.36. The molecule has 1 saturated heterocycles. The summed E-state index contributed by atoms with van der Waals surface area (Å²) in [5.41, 5.74) is 0.795. The third kappa shape index (κ3) is 3.43. The van der Waals surface area contributed by atoms with E-state index in [1.807, 2.05) is 23.6 Å². The zero-order valence-electron chi connectivity index (χ0n) is 18.9. The van der Waals surface area contributed by atoms with Crippen LogP contribution in [0.25, 0.3) is 0 Å². The van der Waals surface area contributed by atoms with Crippen molar-refractivity contribution in [2.45, 2.75) is 23.5 Å². The number of Topliss-reactive ketones (excluding diaryl/α,β-unsaturated/α-hetero) is 1. The van der Waals surface area contributed by atoms with E-state index in [0.29, 0.717) is 33.7 Å². The highest BCUT2D eigenvalue weighted by molar-refractivity contribution is 8.02. The molecule has 0 aliphatic carbocycles. The predicted octanol–water partition coefficient (Wildman–Crippen LogP) is 4.96. The number of hydrogen-bond donors (Lipinski definition) is 1. The predicted molar refractivity (Wildman–Crippen MR) is 134 cm³/mol. The third-order valence-electron chi connectivity index (χ3n) is 6.49. The average molecular weight is 507 g/mol. The van der Waals surface area contributed by atoms with Gasteiger partial charge >= 0.3 is 11.9 Å². The standard InChI is InChI=1S/C27H22O6S2/c1-2-32-24(29)18-8-10-19(11-9-18)26(20-12-7-17-5-3-13-33-21(17)15-20)22(28)16-35-27(26,25(30)31)23-6-4-14-34-23/h3-4,6-15H,2,5,16H2,1H3,(H,30,31). The molecule has 2 aliphatic rings. The van der Waals surface area contributed by atoms with Gasteiger partial charge in [-0.1, -0.05) is 30.3 Å². The van der Waals surface area contributed by atoms with E-state index < -0.39 is 22.1 Å². The van der Waals surface area contributed by atoms with Crippen LogP contribution in [0.2, 0.25) is 0 Å². The first-order valence-electron chi connectivity index (χ1n) is 11.1. The van der Waals surface area contributed by atoms with Crippen LogP contribution in [0.5, 0.6) is 5.75 Å². The van der Waals surface area contributed by atoms with Gasteiger partial charge in [0, 0.05) is 4.88 Å². The molecule has 0 amide bonds. The van der Waals surface area contributed by atoms with Crippen LogP contribution >= 0.6 is 23.1 Å². The summed E-state index contributed by atoms with van der Waals surface area (Å²) in [6.45, 7) is 1.97. The minimum absolute atomic E-state index is 0.0294. The molecule has 1 aromatic heterocycles. The van der Waals surface area contributed by atoms with Crippen LogP contribution < -0.4 is 4.74 Å². The topological polar surface area (TPSA) is 89.9 Å². The molecule has 1 fully saturated rings. The zero-order valence-corrected chi connectivity index (χ0v) is 20.5. The number of allylic oxidation sites excluding steroid dienone is 1. The Morgan fingerprint density at radius 1 is 1.11 bits per heavy atom. The van der Waals surface area contributed by atoms with E-state index in [9.17, 15) is 19.5 Å². The van der Waals surface area contributed by atoms with Gasteiger partial charge < -0.3 is 14.6 Å². The number of esters is 1. The highest BCUT2D eigenvalue weighted by Gasteiger charge is 2.68. The molecule has 0 spiro atoms. The van der Waals surface area contributed by atoms with E-state index in [2.05, 4.69) is 0 Å². The smallest absolute Gasteiger partial charge is 0.338 e. The molecular weight excluding hydrogens is 484 g/mol. The molecule has 178 valence electrons. The second-order valence-electron chi connectivity index (χ2n) is 8.24. The number of thioether (sulfide) groups is 1. The fraction of sp³-hybridized carbons (Fsp3) is 0.222. The van der Waals surface area contributed by atoms with Crippen molar-refractivity contribution in [3.05, 3.63) is 99.4 Å². The molecule has 0 radical (unpaired) electrons. The van der Waals surface area contributed by atoms with Crippen LogP contribution in [0.3, 0.4) is 0 Å². The lowest BCUT2D eigenvalue weighted by Gasteiger charge is -2.41. The van der Waals surface area contributed by atoms with Crippen LogP contribution in [0.1, 0.15) is 38.8 Å². The van der Waals surface area contributed by atoms with E-state index >= 15 is 0 Å². The summed E-state index contributed by atoms with van der Waals surface area (Å²) in [5, 5.41) is 12.6. The maximum Gasteiger partial charge on any atom is 0.338 e. The van der Waals surface area contributed by atoms with Crippen molar-refractivity contribution in [3.8, 4) is 5.75 Å². The quantitative estimate of drug-likeness (QED) is 0.473. The zero-order chi connectivity index (χ0) is 24.6. The van der Waals surface area contributed by atoms with Gasteiger partial charge in [0.05, 0.1) is 24.2 Å². The minimum atomic E-state index is -1.59. The lowest BCUT2D eigenvalue weighted by molar-refractivity contribution is -0.143. The molecule has 2 unspecified atom stereocenters. The number of aliphatic carboxylic acids is 1. The van der Waals surface area contributed by atoms with E-state index in [1.54, 1.807) is 55.7 Å². The maximum absolute atomic E-state index is 14.0. The van der Waals surface area contributed by atoms with Gasteiger partial charge in [-0.2, -0.15) is 0 Å². The Bertz CT molecular complexity index is 1330. The van der Waals surface area contributed by atoms with Crippen LogP contribution in [-0.4, -0.2) is 35.2 Å². The molecule has 8 heteroatoms. The van der Waals surface area contributed by atoms with Gasteiger partial charge in [0.25, 0.3) is 0 Å². The molecule has 35 heavy (non-hydrogen) atoms. The number of carboxylic acid groups (broad SMARTS) is 1. The number of fused-ring (bicyclic) bond motifs is 1. The van der Waals surface area contributed by atoms with Gasteiger partial charge in [-0.15, -0.1) is 23.1 Å². The molecule has 0 bridgehead atoms. The third-order valence-corrected chi connectivity index (χ3v) is 9.15. The van der Waals surface area contributed by atoms with Crippen LogP contribution in [0.4, 0.5) is 0 Å². The number of carbonyl (C=O) groups is 3. The highest BCUT2D eigenvalue weighted by Crippen LogP contribution is 2.62. The molecule has 2 aromatic carbocycles. The Morgan fingerprint density at radius 3 is 2.57 bits per heavy atom. The van der Waals surface area contributed by atoms with Crippen LogP contribution in [0.15, 0.2) is 72.3 Å². The number of ketones is 1. The van der Waals surface area contributed by atoms with E-state index in [4.69, 9.17) is 9.47 Å². The van der Waals surface area contributed by atoms with Gasteiger partial charge in [0.1, 0.15) is 11.2 Å². The molecule has 3 aromatic rings. The van der Waals surface area contributed by atoms with Crippen molar-refractivity contribution in [3.63, 3.8) is 0 Å². The first kappa shape index (κ1) is 23.4. The summed E-state index contributed by atoms with van der Waals surface area (Å²) in [6.07, 6.45) is 4.19. The number of benzene rings is 2. The molecule has 6 nitrogen and oxygen atoms in total. The number of carbonyl (C=O) groups excluding carboxylic acids is 2. The highest BCUT2D eigenvalue weighted by atomic mass is 32.2. The number of ether oxygens (including phenoxy) is 2. The van der Waals surface area contributed by atoms with Gasteiger partial charge in [0.15, 0.2) is 10.5 Å². The molecule has 0 saturated carbocycles. The van der Waals surface area contributed by atoms with Gasteiger partial charge in [0.2, 0.25) is 0 Å². The average Bonchev–Trinajstić information content (AvgIpc) is 3.51. The number of thiophene rings is 1. The van der Waals surface area contributed by atoms with E-state index in [-0.39, 0.29) is 18.1 Å². The van der Waals surface area contributed by atoms with E-state index in [1.165, 1.54) is 11.3 Å². The van der Waals surface area contributed by atoms with Crippen molar-refractivity contribution >= 4 is 40.8 Å². The number of hydrogen-bond acceptors (Lipinski definition) is 7. The van der Waals surface area contributed by atoms with Crippen molar-refractivity contribution in [1.29, 1.82) is 0 Å². The van der Waals surface area contributed by atoms with Gasteiger partial charge in [-0.25, -0.2) is 4.79 Å². The van der Waals surface area contributed by atoms with Gasteiger partial charge in [-0.05, 0) is 65.8 Å². The fourth-order valence-corrected chi connectivity index (χ4v) is 7.63. The maximum atomic E-state index is 14.0. The minimum Gasteiger partial charge on any atom is -0.480 e. The molecule has 2 aliphatic heterocycles. The lowest BCUT2D eigenvalue weighted by Crippen LogP contribution is -2.53. The summed E-state index contributed by atoms with van der Waals surface area (Å²) in [6, 6.07) is 15.6. The molecule has 2 atom stereocenters. The summed E-state index contributed by atoms with van der Waals surface area (Å²) in [7, 11) is 0.